The van der Waals surface area contributed by atoms with Gasteiger partial charge < -0.3 is 5.32 Å². The summed E-state index contributed by atoms with van der Waals surface area (Å²) in [6.45, 7) is 0.775. The summed E-state index contributed by atoms with van der Waals surface area (Å²) in [4.78, 5) is 12.6. The van der Waals surface area contributed by atoms with E-state index in [9.17, 15) is 13.2 Å². The first-order valence-electron chi connectivity index (χ1n) is 10.0. The van der Waals surface area contributed by atoms with Gasteiger partial charge in [-0.05, 0) is 61.6 Å². The Hall–Kier alpha value is -0.820. The molecule has 1 aliphatic heterocycles. The number of nitrogens with zero attached hydrogens (tertiary/aromatic N) is 1. The molecule has 0 aromatic heterocycles. The Kier molecular flexibility index (Phi) is 5.94. The summed E-state index contributed by atoms with van der Waals surface area (Å²) < 4.78 is 27.0. The molecule has 1 N–H and O–H groups in total. The van der Waals surface area contributed by atoms with Crippen molar-refractivity contribution in [1.82, 2.24) is 9.62 Å². The molecule has 1 aromatic rings. The molecule has 2 bridgehead atoms. The quantitative estimate of drug-likeness (QED) is 0.749. The normalized spacial score (nSPS) is 28.6. The van der Waals surface area contributed by atoms with Crippen LogP contribution in [-0.2, 0) is 20.6 Å². The first kappa shape index (κ1) is 20.5. The first-order valence-corrected chi connectivity index (χ1v) is 12.4. The van der Waals surface area contributed by atoms with Crippen molar-refractivity contribution >= 4 is 39.1 Å². The number of halogens is 2. The Bertz CT molecular complexity index is 853. The summed E-state index contributed by atoms with van der Waals surface area (Å²) in [5.41, 5.74) is 0.616. The van der Waals surface area contributed by atoms with Gasteiger partial charge in [-0.3, -0.25) is 4.79 Å². The average Bonchev–Trinajstić information content (AvgIpc) is 3.28. The molecule has 28 heavy (non-hydrogen) atoms. The first-order chi connectivity index (χ1) is 13.3. The highest BCUT2D eigenvalue weighted by atomic mass is 35.5. The smallest absolute Gasteiger partial charge is 0.223 e. The van der Waals surface area contributed by atoms with Gasteiger partial charge in [0.05, 0.1) is 15.8 Å². The van der Waals surface area contributed by atoms with Crippen LogP contribution in [0.3, 0.4) is 0 Å². The van der Waals surface area contributed by atoms with Gasteiger partial charge >= 0.3 is 0 Å². The zero-order valence-corrected chi connectivity index (χ0v) is 18.1. The SMILES string of the molecule is O=C(N[C@@H]1C[C@H]2CC[C@H]1C2)C1CCN(S(=O)(=O)Cc2ccc(Cl)c(Cl)c2)CC1. The molecular formula is C20H26Cl2N2O3S. The number of hydrogen-bond acceptors (Lipinski definition) is 3. The Balaban J connectivity index is 1.30. The molecular weight excluding hydrogens is 419 g/mol. The molecule has 1 saturated heterocycles. The van der Waals surface area contributed by atoms with Gasteiger partial charge in [-0.2, -0.15) is 0 Å². The molecule has 0 radical (unpaired) electrons. The summed E-state index contributed by atoms with van der Waals surface area (Å²) in [6, 6.07) is 5.22. The van der Waals surface area contributed by atoms with Crippen LogP contribution in [-0.4, -0.2) is 37.8 Å². The van der Waals surface area contributed by atoms with Gasteiger partial charge in [0.25, 0.3) is 0 Å². The van der Waals surface area contributed by atoms with Crippen LogP contribution in [0.1, 0.15) is 44.1 Å². The zero-order chi connectivity index (χ0) is 19.9. The third-order valence-electron chi connectivity index (χ3n) is 6.62. The maximum Gasteiger partial charge on any atom is 0.223 e. The Morgan fingerprint density at radius 1 is 1.07 bits per heavy atom. The van der Waals surface area contributed by atoms with Crippen LogP contribution in [0.15, 0.2) is 18.2 Å². The molecule has 0 unspecified atom stereocenters. The van der Waals surface area contributed by atoms with Crippen LogP contribution in [0.2, 0.25) is 10.0 Å². The van der Waals surface area contributed by atoms with E-state index in [4.69, 9.17) is 23.2 Å². The van der Waals surface area contributed by atoms with E-state index in [1.165, 1.54) is 23.6 Å². The Morgan fingerprint density at radius 2 is 1.82 bits per heavy atom. The van der Waals surface area contributed by atoms with Crippen molar-refractivity contribution in [3.63, 3.8) is 0 Å². The topological polar surface area (TPSA) is 66.5 Å². The Labute approximate surface area is 176 Å². The molecule has 5 nitrogen and oxygen atoms in total. The molecule has 1 aromatic carbocycles. The lowest BCUT2D eigenvalue weighted by Crippen LogP contribution is -2.46. The van der Waals surface area contributed by atoms with E-state index in [1.54, 1.807) is 18.2 Å². The summed E-state index contributed by atoms with van der Waals surface area (Å²) in [5, 5.41) is 4.01. The number of amides is 1. The maximum atomic E-state index is 12.7. The number of sulfonamides is 1. The monoisotopic (exact) mass is 444 g/mol. The number of rotatable bonds is 5. The van der Waals surface area contributed by atoms with E-state index in [2.05, 4.69) is 5.32 Å². The van der Waals surface area contributed by atoms with Crippen molar-refractivity contribution in [1.29, 1.82) is 0 Å². The van der Waals surface area contributed by atoms with Gasteiger partial charge in [0.15, 0.2) is 0 Å². The molecule has 2 saturated carbocycles. The second-order valence-electron chi connectivity index (χ2n) is 8.47. The molecule has 154 valence electrons. The standard InChI is InChI=1S/C20H26Cl2N2O3S/c21-17-4-2-14(10-18(17)22)12-28(26,27)24-7-5-15(6-8-24)20(25)23-19-11-13-1-3-16(19)9-13/h2,4,10,13,15-16,19H,1,3,5-9,11-12H2,(H,23,25)/t13-,16-,19+/m0/s1. The lowest BCUT2D eigenvalue weighted by Gasteiger charge is -2.32. The second kappa shape index (κ2) is 8.13. The van der Waals surface area contributed by atoms with Crippen LogP contribution in [0.4, 0.5) is 0 Å². The minimum atomic E-state index is -3.44. The number of nitrogens with one attached hydrogen (secondary N) is 1. The predicted molar refractivity (Wildman–Crippen MR) is 111 cm³/mol. The molecule has 3 atom stereocenters. The fraction of sp³-hybridized carbons (Fsp3) is 0.650. The third kappa shape index (κ3) is 4.35. The van der Waals surface area contributed by atoms with Gasteiger partial charge in [-0.15, -0.1) is 0 Å². The van der Waals surface area contributed by atoms with Gasteiger partial charge in [-0.25, -0.2) is 12.7 Å². The summed E-state index contributed by atoms with van der Waals surface area (Å²) in [6.07, 6.45) is 6.08. The molecule has 1 heterocycles. The predicted octanol–water partition coefficient (Wildman–Crippen LogP) is 3.84. The molecule has 3 aliphatic rings. The van der Waals surface area contributed by atoms with E-state index in [-0.39, 0.29) is 17.6 Å². The number of fused-ring (bicyclic) bond motifs is 2. The number of hydrogen-bond donors (Lipinski definition) is 1. The second-order valence-corrected chi connectivity index (χ2v) is 11.3. The van der Waals surface area contributed by atoms with Crippen LogP contribution in [0.5, 0.6) is 0 Å². The minimum absolute atomic E-state index is 0.0875. The van der Waals surface area contributed by atoms with E-state index >= 15 is 0 Å². The Morgan fingerprint density at radius 3 is 2.43 bits per heavy atom. The van der Waals surface area contributed by atoms with Crippen LogP contribution < -0.4 is 5.32 Å². The van der Waals surface area contributed by atoms with Crippen LogP contribution in [0, 0.1) is 17.8 Å². The minimum Gasteiger partial charge on any atom is -0.353 e. The van der Waals surface area contributed by atoms with Gasteiger partial charge in [-0.1, -0.05) is 35.7 Å². The van der Waals surface area contributed by atoms with Crippen molar-refractivity contribution < 1.29 is 13.2 Å². The average molecular weight is 445 g/mol. The zero-order valence-electron chi connectivity index (χ0n) is 15.7. The van der Waals surface area contributed by atoms with Crippen molar-refractivity contribution in [3.05, 3.63) is 33.8 Å². The van der Waals surface area contributed by atoms with E-state index in [1.807, 2.05) is 0 Å². The number of piperidine rings is 1. The summed E-state index contributed by atoms with van der Waals surface area (Å²) in [5.74, 6) is 1.37. The fourth-order valence-electron chi connectivity index (χ4n) is 5.05. The largest absolute Gasteiger partial charge is 0.353 e. The van der Waals surface area contributed by atoms with E-state index in [0.29, 0.717) is 53.5 Å². The van der Waals surface area contributed by atoms with E-state index in [0.717, 1.165) is 12.3 Å². The summed E-state index contributed by atoms with van der Waals surface area (Å²) >= 11 is 11.9. The van der Waals surface area contributed by atoms with Gasteiger partial charge in [0, 0.05) is 25.0 Å². The molecule has 2 aliphatic carbocycles. The number of benzene rings is 1. The van der Waals surface area contributed by atoms with Crippen molar-refractivity contribution in [2.45, 2.75) is 50.3 Å². The lowest BCUT2D eigenvalue weighted by atomic mass is 9.93. The highest BCUT2D eigenvalue weighted by Gasteiger charge is 2.41. The molecule has 0 spiro atoms. The van der Waals surface area contributed by atoms with Crippen LogP contribution in [0.25, 0.3) is 0 Å². The van der Waals surface area contributed by atoms with Crippen molar-refractivity contribution in [2.24, 2.45) is 17.8 Å². The summed E-state index contributed by atoms with van der Waals surface area (Å²) in [7, 11) is -3.44. The fourth-order valence-corrected chi connectivity index (χ4v) is 6.92. The number of carbonyl (C=O) groups excluding carboxylic acids is 1. The lowest BCUT2D eigenvalue weighted by molar-refractivity contribution is -0.127. The van der Waals surface area contributed by atoms with Gasteiger partial charge in [0.2, 0.25) is 15.9 Å². The maximum absolute atomic E-state index is 12.7. The van der Waals surface area contributed by atoms with Gasteiger partial charge in [0.1, 0.15) is 0 Å². The molecule has 4 rings (SSSR count). The van der Waals surface area contributed by atoms with Crippen molar-refractivity contribution in [2.75, 3.05) is 13.1 Å². The van der Waals surface area contributed by atoms with Crippen LogP contribution >= 0.6 is 23.2 Å². The molecule has 3 fully saturated rings. The number of carbonyl (C=O) groups is 1. The highest BCUT2D eigenvalue weighted by molar-refractivity contribution is 7.88. The third-order valence-corrected chi connectivity index (χ3v) is 9.21. The highest BCUT2D eigenvalue weighted by Crippen LogP contribution is 2.44. The molecule has 8 heteroatoms. The molecule has 1 amide bonds. The van der Waals surface area contributed by atoms with Crippen molar-refractivity contribution in [3.8, 4) is 0 Å². The van der Waals surface area contributed by atoms with E-state index < -0.39 is 10.0 Å².